The Balaban J connectivity index is 1.77. The van der Waals surface area contributed by atoms with Crippen LogP contribution in [-0.4, -0.2) is 49.4 Å². The fourth-order valence-electron chi connectivity index (χ4n) is 4.53. The van der Waals surface area contributed by atoms with Crippen molar-refractivity contribution in [1.29, 1.82) is 0 Å². The summed E-state index contributed by atoms with van der Waals surface area (Å²) in [6.45, 7) is 2.75. The number of pyridine rings is 1. The molecule has 2 bridgehead atoms. The molecule has 0 aliphatic carbocycles. The van der Waals surface area contributed by atoms with Crippen molar-refractivity contribution in [3.63, 3.8) is 0 Å². The van der Waals surface area contributed by atoms with E-state index in [0.29, 0.717) is 47.1 Å². The van der Waals surface area contributed by atoms with Crippen molar-refractivity contribution >= 4 is 17.3 Å². The Hall–Kier alpha value is -3.85. The number of aromatic amines is 1. The zero-order valence-electron chi connectivity index (χ0n) is 19.1. The molecule has 3 aromatic rings. The van der Waals surface area contributed by atoms with Crippen molar-refractivity contribution in [3.8, 4) is 22.8 Å². The number of benzene rings is 1. The molecule has 0 unspecified atom stereocenters. The maximum Gasteiger partial charge on any atom is 0.255 e. The molecule has 2 aliphatic heterocycles. The second-order valence-electron chi connectivity index (χ2n) is 8.24. The molecule has 2 aromatic heterocycles. The number of ether oxygens (including phenoxy) is 3. The van der Waals surface area contributed by atoms with E-state index in [9.17, 15) is 9.18 Å². The molecule has 0 radical (unpaired) electrons. The average Bonchev–Trinajstić information content (AvgIpc) is 3.20. The van der Waals surface area contributed by atoms with Gasteiger partial charge in [-0.1, -0.05) is 17.7 Å². The number of para-hydroxylation sites is 1. The van der Waals surface area contributed by atoms with Crippen LogP contribution in [-0.2, 0) is 4.74 Å². The molecular weight excluding hydrogens is 439 g/mol. The van der Waals surface area contributed by atoms with Gasteiger partial charge in [0.25, 0.3) is 5.91 Å². The lowest BCUT2D eigenvalue weighted by Crippen LogP contribution is -2.35. The smallest absolute Gasteiger partial charge is 0.255 e. The maximum absolute atomic E-state index is 14.4. The Morgan fingerprint density at radius 2 is 2.12 bits per heavy atom. The molecule has 0 spiro atoms. The van der Waals surface area contributed by atoms with E-state index < -0.39 is 5.82 Å². The first-order chi connectivity index (χ1) is 16.5. The zero-order chi connectivity index (χ0) is 23.8. The SMILES string of the molecule is COc1c(F)cccc1Nc1c2[nH]c3c1C(=O)NC[C@H]3/C(C)=C\[C@@H](OC)COc1cnccc1-2. The first-order valence-electron chi connectivity index (χ1n) is 10.9. The van der Waals surface area contributed by atoms with E-state index in [1.165, 1.54) is 13.2 Å². The summed E-state index contributed by atoms with van der Waals surface area (Å²) in [5.41, 5.74) is 4.52. The van der Waals surface area contributed by atoms with E-state index >= 15 is 0 Å². The number of hydrogen-bond donors (Lipinski definition) is 3. The zero-order valence-corrected chi connectivity index (χ0v) is 19.1. The van der Waals surface area contributed by atoms with Crippen molar-refractivity contribution < 1.29 is 23.4 Å². The fourth-order valence-corrected chi connectivity index (χ4v) is 4.53. The summed E-state index contributed by atoms with van der Waals surface area (Å²) >= 11 is 0. The van der Waals surface area contributed by atoms with Gasteiger partial charge in [-0.3, -0.25) is 9.78 Å². The number of nitrogens with one attached hydrogen (secondary N) is 3. The quantitative estimate of drug-likeness (QED) is 0.502. The van der Waals surface area contributed by atoms with Gasteiger partial charge in [0, 0.05) is 37.0 Å². The van der Waals surface area contributed by atoms with E-state index in [1.807, 2.05) is 19.1 Å². The third-order valence-corrected chi connectivity index (χ3v) is 6.26. The highest BCUT2D eigenvalue weighted by Gasteiger charge is 2.35. The number of aromatic nitrogens is 2. The van der Waals surface area contributed by atoms with Crippen LogP contribution in [0.15, 0.2) is 48.3 Å². The Morgan fingerprint density at radius 1 is 1.26 bits per heavy atom. The molecule has 8 nitrogen and oxygen atoms in total. The Labute approximate surface area is 196 Å². The van der Waals surface area contributed by atoms with E-state index in [4.69, 9.17) is 14.2 Å². The number of carbonyl (C=O) groups excluding carboxylic acids is 1. The number of anilines is 2. The van der Waals surface area contributed by atoms with Crippen molar-refractivity contribution in [2.75, 3.05) is 32.7 Å². The van der Waals surface area contributed by atoms with Crippen LogP contribution in [0.2, 0.25) is 0 Å². The number of fused-ring (bicyclic) bond motifs is 3. The van der Waals surface area contributed by atoms with Gasteiger partial charge >= 0.3 is 0 Å². The van der Waals surface area contributed by atoms with E-state index in [0.717, 1.165) is 11.3 Å². The number of carbonyl (C=O) groups is 1. The van der Waals surface area contributed by atoms with Gasteiger partial charge < -0.3 is 29.8 Å². The molecule has 3 N–H and O–H groups in total. The van der Waals surface area contributed by atoms with E-state index in [-0.39, 0.29) is 23.7 Å². The number of rotatable bonds is 4. The van der Waals surface area contributed by atoms with Crippen LogP contribution in [0.4, 0.5) is 15.8 Å². The van der Waals surface area contributed by atoms with Crippen LogP contribution in [0, 0.1) is 5.82 Å². The second kappa shape index (κ2) is 8.83. The van der Waals surface area contributed by atoms with Crippen LogP contribution in [0.5, 0.6) is 11.5 Å². The Bertz CT molecular complexity index is 1290. The molecule has 34 heavy (non-hydrogen) atoms. The Kier molecular flexibility index (Phi) is 5.70. The summed E-state index contributed by atoms with van der Waals surface area (Å²) in [6, 6.07) is 6.42. The normalized spacial score (nSPS) is 20.7. The maximum atomic E-state index is 14.4. The molecule has 1 amide bonds. The molecule has 0 saturated heterocycles. The highest BCUT2D eigenvalue weighted by Crippen LogP contribution is 2.45. The van der Waals surface area contributed by atoms with Gasteiger partial charge in [-0.25, -0.2) is 4.39 Å². The fraction of sp³-hybridized carbons (Fsp3) is 0.280. The lowest BCUT2D eigenvalue weighted by molar-refractivity contribution is 0.0906. The number of H-pyrrole nitrogens is 1. The first kappa shape index (κ1) is 22.0. The van der Waals surface area contributed by atoms with Crippen molar-refractivity contribution in [3.05, 3.63) is 65.4 Å². The molecule has 176 valence electrons. The van der Waals surface area contributed by atoms with Gasteiger partial charge in [0.2, 0.25) is 0 Å². The Morgan fingerprint density at radius 3 is 2.91 bits per heavy atom. The lowest BCUT2D eigenvalue weighted by Gasteiger charge is -2.26. The summed E-state index contributed by atoms with van der Waals surface area (Å²) in [4.78, 5) is 20.8. The van der Waals surface area contributed by atoms with Crippen molar-refractivity contribution in [2.45, 2.75) is 18.9 Å². The number of nitrogens with zero attached hydrogens (tertiary/aromatic N) is 1. The van der Waals surface area contributed by atoms with Gasteiger partial charge in [-0.15, -0.1) is 0 Å². The van der Waals surface area contributed by atoms with Crippen LogP contribution in [0.25, 0.3) is 11.3 Å². The highest BCUT2D eigenvalue weighted by molar-refractivity contribution is 6.07. The van der Waals surface area contributed by atoms with Gasteiger partial charge in [-0.05, 0) is 25.1 Å². The molecule has 0 fully saturated rings. The minimum absolute atomic E-state index is 0.0579. The second-order valence-corrected chi connectivity index (χ2v) is 8.24. The predicted molar refractivity (Wildman–Crippen MR) is 125 cm³/mol. The molecule has 1 aromatic carbocycles. The molecule has 2 atom stereocenters. The minimum atomic E-state index is -0.507. The standard InChI is InChI=1S/C25H25FN4O4/c1-13-9-14(32-2)12-34-19-11-27-8-7-15(19)22-23(20-21(30-22)16(13)10-28-25(20)31)29-18-6-4-5-17(26)24(18)33-3/h4-9,11,14,16,29-30H,10,12H2,1-3H3,(H,28,31)/b13-9-/t14-,16+/m1/s1. The van der Waals surface area contributed by atoms with E-state index in [1.54, 1.807) is 31.6 Å². The van der Waals surface area contributed by atoms with Crippen molar-refractivity contribution in [1.82, 2.24) is 15.3 Å². The van der Waals surface area contributed by atoms with Gasteiger partial charge in [-0.2, -0.15) is 0 Å². The molecule has 9 heteroatoms. The minimum Gasteiger partial charge on any atom is -0.492 e. The van der Waals surface area contributed by atoms with Crippen LogP contribution < -0.4 is 20.1 Å². The third kappa shape index (κ3) is 3.67. The summed E-state index contributed by atoms with van der Waals surface area (Å²) in [6.07, 6.45) is 5.02. The number of methoxy groups -OCH3 is 2. The predicted octanol–water partition coefficient (Wildman–Crippen LogP) is 4.15. The molecule has 2 aliphatic rings. The summed E-state index contributed by atoms with van der Waals surface area (Å²) < 4.78 is 31.4. The van der Waals surface area contributed by atoms with Crippen LogP contribution in [0.3, 0.4) is 0 Å². The number of halogens is 1. The highest BCUT2D eigenvalue weighted by atomic mass is 19.1. The molecule has 5 rings (SSSR count). The van der Waals surface area contributed by atoms with Crippen LogP contribution in [0.1, 0.15) is 28.9 Å². The largest absolute Gasteiger partial charge is 0.492 e. The van der Waals surface area contributed by atoms with Gasteiger partial charge in [0.15, 0.2) is 11.6 Å². The number of amides is 1. The summed E-state index contributed by atoms with van der Waals surface area (Å²) in [5, 5.41) is 6.25. The lowest BCUT2D eigenvalue weighted by atomic mass is 9.89. The average molecular weight is 464 g/mol. The molecule has 4 heterocycles. The monoisotopic (exact) mass is 464 g/mol. The van der Waals surface area contributed by atoms with Gasteiger partial charge in [0.05, 0.1) is 35.9 Å². The van der Waals surface area contributed by atoms with Gasteiger partial charge in [0.1, 0.15) is 18.5 Å². The number of hydrogen-bond acceptors (Lipinski definition) is 6. The first-order valence-corrected chi connectivity index (χ1v) is 10.9. The third-order valence-electron chi connectivity index (χ3n) is 6.26. The van der Waals surface area contributed by atoms with E-state index in [2.05, 4.69) is 20.6 Å². The van der Waals surface area contributed by atoms with Crippen molar-refractivity contribution in [2.24, 2.45) is 0 Å². The molecular formula is C25H25FN4O4. The summed E-state index contributed by atoms with van der Waals surface area (Å²) in [7, 11) is 3.04. The molecule has 0 saturated carbocycles. The van der Waals surface area contributed by atoms with Crippen LogP contribution >= 0.6 is 0 Å². The summed E-state index contributed by atoms with van der Waals surface area (Å²) in [5.74, 6) is -0.244. The topological polar surface area (TPSA) is 97.5 Å².